The highest BCUT2D eigenvalue weighted by atomic mass is 19.4. The van der Waals surface area contributed by atoms with Crippen molar-refractivity contribution in [1.82, 2.24) is 0 Å². The van der Waals surface area contributed by atoms with E-state index in [1.165, 1.54) is 43.1 Å². The second-order valence-corrected chi connectivity index (χ2v) is 6.15. The molecule has 4 heteroatoms. The maximum Gasteiger partial charge on any atom is 0.762 e. The third kappa shape index (κ3) is 3.10. The number of rotatable bonds is 0. The van der Waals surface area contributed by atoms with Gasteiger partial charge in [-0.15, -0.1) is 0 Å². The Morgan fingerprint density at radius 3 is 1.08 bits per heavy atom. The maximum atomic E-state index is 9.67. The molecule has 26 heavy (non-hydrogen) atoms. The smallest absolute Gasteiger partial charge is 0.254 e. The van der Waals surface area contributed by atoms with Crippen molar-refractivity contribution in [3.63, 3.8) is 0 Å². The van der Waals surface area contributed by atoms with E-state index in [9.17, 15) is 12.9 Å². The molecular weight excluding hydrogens is 332 g/mol. The SMILES string of the molecule is FB(F)F.c1ccc2cc3c(ccc4cc5ccccc5cc43)cc2c1. The molecule has 0 heterocycles. The van der Waals surface area contributed by atoms with Gasteiger partial charge in [0.25, 0.3) is 0 Å². The van der Waals surface area contributed by atoms with Crippen LogP contribution in [-0.4, -0.2) is 7.54 Å². The highest BCUT2D eigenvalue weighted by Gasteiger charge is 2.06. The van der Waals surface area contributed by atoms with Gasteiger partial charge in [0.05, 0.1) is 0 Å². The maximum absolute atomic E-state index is 9.67. The van der Waals surface area contributed by atoms with E-state index in [0.717, 1.165) is 0 Å². The fraction of sp³-hybridized carbons (Fsp3) is 0. The van der Waals surface area contributed by atoms with Crippen molar-refractivity contribution in [2.24, 2.45) is 0 Å². The first-order chi connectivity index (χ1) is 12.6. The van der Waals surface area contributed by atoms with E-state index in [0.29, 0.717) is 0 Å². The Hall–Kier alpha value is -3.01. The number of hydrogen-bond acceptors (Lipinski definition) is 0. The Labute approximate surface area is 149 Å². The summed E-state index contributed by atoms with van der Waals surface area (Å²) in [6.07, 6.45) is 0. The first-order valence-electron chi connectivity index (χ1n) is 8.28. The Morgan fingerprint density at radius 1 is 0.423 bits per heavy atom. The average Bonchev–Trinajstić information content (AvgIpc) is 2.64. The molecule has 0 aliphatic carbocycles. The van der Waals surface area contributed by atoms with Crippen LogP contribution in [0.4, 0.5) is 12.9 Å². The van der Waals surface area contributed by atoms with Crippen LogP contribution < -0.4 is 0 Å². The van der Waals surface area contributed by atoms with Crippen molar-refractivity contribution in [1.29, 1.82) is 0 Å². The summed E-state index contributed by atoms with van der Waals surface area (Å²) in [6.45, 7) is 0. The van der Waals surface area contributed by atoms with Gasteiger partial charge in [-0.3, -0.25) is 12.9 Å². The van der Waals surface area contributed by atoms with Crippen molar-refractivity contribution < 1.29 is 12.9 Å². The Kier molecular flexibility index (Phi) is 4.25. The molecule has 0 N–H and O–H groups in total. The Balaban J connectivity index is 0.000000385. The van der Waals surface area contributed by atoms with Crippen molar-refractivity contribution in [2.45, 2.75) is 0 Å². The molecule has 0 aliphatic rings. The van der Waals surface area contributed by atoms with Crippen LogP contribution in [0.3, 0.4) is 0 Å². The zero-order valence-corrected chi connectivity index (χ0v) is 13.8. The van der Waals surface area contributed by atoms with Crippen LogP contribution >= 0.6 is 0 Å². The lowest BCUT2D eigenvalue weighted by molar-refractivity contribution is 0.535. The molecular formula is C22H14BF3. The molecule has 126 valence electrons. The average molecular weight is 346 g/mol. The summed E-state index contributed by atoms with van der Waals surface area (Å²) in [4.78, 5) is 0. The predicted octanol–water partition coefficient (Wildman–Crippen LogP) is 7.18. The quantitative estimate of drug-likeness (QED) is 0.158. The van der Waals surface area contributed by atoms with Gasteiger partial charge >= 0.3 is 7.54 Å². The highest BCUT2D eigenvalue weighted by molar-refractivity contribution is 6.33. The fourth-order valence-corrected chi connectivity index (χ4v) is 3.44. The molecule has 5 aromatic rings. The van der Waals surface area contributed by atoms with Crippen LogP contribution in [0.5, 0.6) is 0 Å². The summed E-state index contributed by atoms with van der Waals surface area (Å²) in [5, 5.41) is 10.5. The van der Waals surface area contributed by atoms with E-state index in [1.54, 1.807) is 0 Å². The van der Waals surface area contributed by atoms with Crippen molar-refractivity contribution in [3.8, 4) is 0 Å². The molecule has 0 saturated heterocycles. The van der Waals surface area contributed by atoms with Gasteiger partial charge in [0.1, 0.15) is 0 Å². The lowest BCUT2D eigenvalue weighted by Gasteiger charge is -2.08. The molecule has 0 aromatic heterocycles. The monoisotopic (exact) mass is 346 g/mol. The predicted molar refractivity (Wildman–Crippen MR) is 106 cm³/mol. The summed E-state index contributed by atoms with van der Waals surface area (Å²) in [5.74, 6) is 0. The summed E-state index contributed by atoms with van der Waals surface area (Å²) in [5.41, 5.74) is 0. The Bertz CT molecular complexity index is 1130. The normalized spacial score (nSPS) is 10.9. The molecule has 0 spiro atoms. The largest absolute Gasteiger partial charge is 0.762 e. The van der Waals surface area contributed by atoms with Gasteiger partial charge in [-0.25, -0.2) is 0 Å². The van der Waals surface area contributed by atoms with Crippen LogP contribution in [0, 0.1) is 0 Å². The summed E-state index contributed by atoms with van der Waals surface area (Å²) < 4.78 is 29.0. The summed E-state index contributed by atoms with van der Waals surface area (Å²) in [7, 11) is -3.67. The minimum Gasteiger partial charge on any atom is -0.254 e. The molecule has 0 fully saturated rings. The number of benzene rings is 5. The van der Waals surface area contributed by atoms with Crippen LogP contribution in [-0.2, 0) is 0 Å². The molecule has 5 aromatic carbocycles. The molecule has 0 unspecified atom stereocenters. The van der Waals surface area contributed by atoms with E-state index in [-0.39, 0.29) is 0 Å². The van der Waals surface area contributed by atoms with Gasteiger partial charge in [0, 0.05) is 0 Å². The number of halogens is 3. The van der Waals surface area contributed by atoms with Crippen LogP contribution in [0.1, 0.15) is 0 Å². The molecule has 0 bridgehead atoms. The zero-order valence-electron chi connectivity index (χ0n) is 13.8. The van der Waals surface area contributed by atoms with Crippen molar-refractivity contribution >= 4 is 50.6 Å². The van der Waals surface area contributed by atoms with Gasteiger partial charge in [-0.2, -0.15) is 0 Å². The topological polar surface area (TPSA) is 0 Å². The minimum absolute atomic E-state index is 1.30. The molecule has 0 radical (unpaired) electrons. The van der Waals surface area contributed by atoms with Gasteiger partial charge in [0.15, 0.2) is 0 Å². The van der Waals surface area contributed by atoms with Gasteiger partial charge in [-0.1, -0.05) is 60.7 Å². The van der Waals surface area contributed by atoms with Crippen LogP contribution in [0.15, 0.2) is 84.9 Å². The van der Waals surface area contributed by atoms with E-state index in [2.05, 4.69) is 84.9 Å². The minimum atomic E-state index is -3.67. The molecule has 0 amide bonds. The van der Waals surface area contributed by atoms with Crippen molar-refractivity contribution in [3.05, 3.63) is 84.9 Å². The summed E-state index contributed by atoms with van der Waals surface area (Å²) >= 11 is 0. The first-order valence-corrected chi connectivity index (χ1v) is 8.28. The van der Waals surface area contributed by atoms with Crippen LogP contribution in [0.2, 0.25) is 0 Å². The van der Waals surface area contributed by atoms with Crippen molar-refractivity contribution in [2.75, 3.05) is 0 Å². The molecule has 0 aliphatic heterocycles. The first kappa shape index (κ1) is 16.5. The molecule has 0 atom stereocenters. The van der Waals surface area contributed by atoms with E-state index >= 15 is 0 Å². The van der Waals surface area contributed by atoms with Gasteiger partial charge < -0.3 is 0 Å². The van der Waals surface area contributed by atoms with E-state index < -0.39 is 7.54 Å². The van der Waals surface area contributed by atoms with Gasteiger partial charge in [0.2, 0.25) is 0 Å². The second kappa shape index (κ2) is 6.72. The zero-order chi connectivity index (χ0) is 18.1. The Morgan fingerprint density at radius 2 is 0.731 bits per heavy atom. The third-order valence-corrected chi connectivity index (χ3v) is 4.57. The lowest BCUT2D eigenvalue weighted by atomic mass is 9.96. The second-order valence-electron chi connectivity index (χ2n) is 6.15. The van der Waals surface area contributed by atoms with Gasteiger partial charge in [-0.05, 0) is 67.4 Å². The molecule has 5 rings (SSSR count). The lowest BCUT2D eigenvalue weighted by Crippen LogP contribution is -1.81. The third-order valence-electron chi connectivity index (χ3n) is 4.57. The van der Waals surface area contributed by atoms with E-state index in [4.69, 9.17) is 0 Å². The standard InChI is InChI=1S/C22H14.BF3/c1-3-7-17-13-21-19(11-15(17)5-1)9-10-20-12-16-6-2-4-8-18(16)14-22(20)21;2-1(3)4/h1-14H;. The highest BCUT2D eigenvalue weighted by Crippen LogP contribution is 2.32. The number of hydrogen-bond donors (Lipinski definition) is 0. The van der Waals surface area contributed by atoms with Crippen LogP contribution in [0.25, 0.3) is 43.1 Å². The van der Waals surface area contributed by atoms with E-state index in [1.807, 2.05) is 0 Å². The molecule has 0 saturated carbocycles. The summed E-state index contributed by atoms with van der Waals surface area (Å²) in [6, 6.07) is 30.8. The molecule has 0 nitrogen and oxygen atoms in total. The fourth-order valence-electron chi connectivity index (χ4n) is 3.44. The number of fused-ring (bicyclic) bond motifs is 5.